The van der Waals surface area contributed by atoms with E-state index in [0.717, 1.165) is 19.4 Å². The summed E-state index contributed by atoms with van der Waals surface area (Å²) in [6, 6.07) is 2.30. The first kappa shape index (κ1) is 10.7. The fourth-order valence-corrected chi connectivity index (χ4v) is 2.63. The summed E-state index contributed by atoms with van der Waals surface area (Å²) in [5.74, 6) is 1.29. The largest absolute Gasteiger partial charge is 0.370 e. The van der Waals surface area contributed by atoms with Crippen molar-refractivity contribution >= 4 is 0 Å². The molecule has 5 nitrogen and oxygen atoms in total. The van der Waals surface area contributed by atoms with Gasteiger partial charge in [0.15, 0.2) is 0 Å². The van der Waals surface area contributed by atoms with Gasteiger partial charge in [-0.15, -0.1) is 0 Å². The third-order valence-electron chi connectivity index (χ3n) is 3.91. The number of nitrogens with zero attached hydrogens (tertiary/aromatic N) is 3. The molecule has 0 spiro atoms. The highest BCUT2D eigenvalue weighted by Crippen LogP contribution is 2.63. The van der Waals surface area contributed by atoms with E-state index in [-0.39, 0.29) is 23.4 Å². The lowest BCUT2D eigenvalue weighted by atomic mass is 10.1. The van der Waals surface area contributed by atoms with Gasteiger partial charge in [0.1, 0.15) is 6.10 Å². The molecule has 5 heteroatoms. The van der Waals surface area contributed by atoms with Crippen LogP contribution in [0.4, 0.5) is 0 Å². The smallest absolute Gasteiger partial charge is 0.231 e. The fourth-order valence-electron chi connectivity index (χ4n) is 2.63. The van der Waals surface area contributed by atoms with Gasteiger partial charge in [-0.2, -0.15) is 10.2 Å². The van der Waals surface area contributed by atoms with E-state index in [0.29, 0.717) is 11.7 Å². The second-order valence-electron chi connectivity index (χ2n) is 5.40. The zero-order valence-corrected chi connectivity index (χ0v) is 10.0. The van der Waals surface area contributed by atoms with Crippen LogP contribution in [0.25, 0.3) is 0 Å². The molecule has 2 aliphatic rings. The summed E-state index contributed by atoms with van der Waals surface area (Å²) >= 11 is 0. The van der Waals surface area contributed by atoms with Crippen molar-refractivity contribution < 1.29 is 9.26 Å². The Hall–Kier alpha value is -1.41. The predicted molar refractivity (Wildman–Crippen MR) is 57.9 cm³/mol. The van der Waals surface area contributed by atoms with Crippen molar-refractivity contribution in [2.75, 3.05) is 6.61 Å². The minimum absolute atomic E-state index is 0.0136. The summed E-state index contributed by atoms with van der Waals surface area (Å²) in [6.45, 7) is 4.88. The van der Waals surface area contributed by atoms with E-state index in [4.69, 9.17) is 14.5 Å². The molecule has 0 radical (unpaired) electrons. The van der Waals surface area contributed by atoms with Crippen LogP contribution in [0.2, 0.25) is 0 Å². The molecule has 3 unspecified atom stereocenters. The number of nitriles is 1. The van der Waals surface area contributed by atoms with Crippen LogP contribution in [-0.4, -0.2) is 16.7 Å². The zero-order chi connectivity index (χ0) is 12.0. The lowest BCUT2D eigenvalue weighted by Gasteiger charge is -2.00. The van der Waals surface area contributed by atoms with Crippen LogP contribution in [0.3, 0.4) is 0 Å². The van der Waals surface area contributed by atoms with Gasteiger partial charge in [0.25, 0.3) is 0 Å². The monoisotopic (exact) mass is 233 g/mol. The number of hydrogen-bond acceptors (Lipinski definition) is 5. The normalized spacial score (nSPS) is 34.5. The summed E-state index contributed by atoms with van der Waals surface area (Å²) in [5.41, 5.74) is -0.0465. The highest BCUT2D eigenvalue weighted by Gasteiger charge is 2.62. The Kier molecular flexibility index (Phi) is 2.23. The number of ether oxygens (including phenoxy) is 1. The molecule has 1 aromatic heterocycles. The molecule has 1 aliphatic carbocycles. The maximum Gasteiger partial charge on any atom is 0.231 e. The van der Waals surface area contributed by atoms with Gasteiger partial charge in [-0.1, -0.05) is 19.0 Å². The molecule has 0 bridgehead atoms. The van der Waals surface area contributed by atoms with Gasteiger partial charge < -0.3 is 9.26 Å². The SMILES string of the molecule is CC1(C)C(C#N)C1c1nc(C2CCCO2)no1. The molecule has 3 rings (SSSR count). The number of hydrogen-bond donors (Lipinski definition) is 0. The van der Waals surface area contributed by atoms with Crippen molar-refractivity contribution in [1.82, 2.24) is 10.1 Å². The molecular weight excluding hydrogens is 218 g/mol. The molecule has 0 amide bonds. The van der Waals surface area contributed by atoms with Crippen molar-refractivity contribution in [3.05, 3.63) is 11.7 Å². The summed E-state index contributed by atoms with van der Waals surface area (Å²) in [6.07, 6.45) is 1.98. The van der Waals surface area contributed by atoms with E-state index in [9.17, 15) is 0 Å². The molecule has 1 saturated carbocycles. The Bertz CT molecular complexity index is 468. The molecule has 0 N–H and O–H groups in total. The Balaban J connectivity index is 1.80. The molecule has 1 aromatic rings. The highest BCUT2D eigenvalue weighted by molar-refractivity contribution is 5.26. The Labute approximate surface area is 99.8 Å². The molecule has 90 valence electrons. The zero-order valence-electron chi connectivity index (χ0n) is 10.0. The van der Waals surface area contributed by atoms with E-state index in [1.807, 2.05) is 0 Å². The lowest BCUT2D eigenvalue weighted by Crippen LogP contribution is -1.98. The van der Waals surface area contributed by atoms with Crippen LogP contribution in [0, 0.1) is 22.7 Å². The average molecular weight is 233 g/mol. The van der Waals surface area contributed by atoms with Gasteiger partial charge in [0.05, 0.1) is 17.9 Å². The van der Waals surface area contributed by atoms with Crippen LogP contribution in [0.5, 0.6) is 0 Å². The van der Waals surface area contributed by atoms with Gasteiger partial charge in [0.2, 0.25) is 11.7 Å². The maximum absolute atomic E-state index is 9.03. The summed E-state index contributed by atoms with van der Waals surface area (Å²) in [7, 11) is 0. The molecule has 2 heterocycles. The minimum Gasteiger partial charge on any atom is -0.370 e. The van der Waals surface area contributed by atoms with Gasteiger partial charge in [-0.05, 0) is 18.3 Å². The molecule has 1 saturated heterocycles. The molecular formula is C12H15N3O2. The fraction of sp³-hybridized carbons (Fsp3) is 0.750. The van der Waals surface area contributed by atoms with Crippen molar-refractivity contribution in [1.29, 1.82) is 5.26 Å². The third kappa shape index (κ3) is 1.55. The summed E-state index contributed by atoms with van der Waals surface area (Å²) < 4.78 is 10.8. The van der Waals surface area contributed by atoms with Crippen LogP contribution in [0.15, 0.2) is 4.52 Å². The Morgan fingerprint density at radius 3 is 2.88 bits per heavy atom. The molecule has 0 aromatic carbocycles. The first-order valence-corrected chi connectivity index (χ1v) is 5.99. The molecule has 2 fully saturated rings. The van der Waals surface area contributed by atoms with Crippen molar-refractivity contribution in [2.45, 2.75) is 38.7 Å². The van der Waals surface area contributed by atoms with E-state index < -0.39 is 0 Å². The number of aromatic nitrogens is 2. The van der Waals surface area contributed by atoms with Crippen molar-refractivity contribution in [3.8, 4) is 6.07 Å². The van der Waals surface area contributed by atoms with Gasteiger partial charge in [-0.25, -0.2) is 0 Å². The van der Waals surface area contributed by atoms with E-state index in [1.54, 1.807) is 0 Å². The average Bonchev–Trinajstić information content (AvgIpc) is 2.79. The van der Waals surface area contributed by atoms with Crippen LogP contribution in [0.1, 0.15) is 50.4 Å². The van der Waals surface area contributed by atoms with E-state index >= 15 is 0 Å². The summed E-state index contributed by atoms with van der Waals surface area (Å²) in [5, 5.41) is 13.0. The van der Waals surface area contributed by atoms with Crippen molar-refractivity contribution in [2.24, 2.45) is 11.3 Å². The Morgan fingerprint density at radius 2 is 2.29 bits per heavy atom. The molecule has 3 atom stereocenters. The predicted octanol–water partition coefficient (Wildman–Crippen LogP) is 2.18. The van der Waals surface area contributed by atoms with Gasteiger partial charge >= 0.3 is 0 Å². The van der Waals surface area contributed by atoms with E-state index in [2.05, 4.69) is 30.1 Å². The topological polar surface area (TPSA) is 71.9 Å². The van der Waals surface area contributed by atoms with Crippen LogP contribution >= 0.6 is 0 Å². The molecule has 17 heavy (non-hydrogen) atoms. The van der Waals surface area contributed by atoms with Gasteiger partial charge in [-0.3, -0.25) is 0 Å². The first-order chi connectivity index (χ1) is 8.14. The molecule has 1 aliphatic heterocycles. The minimum atomic E-state index is -0.0465. The van der Waals surface area contributed by atoms with E-state index in [1.165, 1.54) is 0 Å². The summed E-state index contributed by atoms with van der Waals surface area (Å²) in [4.78, 5) is 4.39. The standard InChI is InChI=1S/C12H15N3O2/c1-12(2)7(6-13)9(12)11-14-10(15-17-11)8-4-3-5-16-8/h7-9H,3-5H2,1-2H3. The van der Waals surface area contributed by atoms with Crippen LogP contribution in [-0.2, 0) is 4.74 Å². The lowest BCUT2D eigenvalue weighted by molar-refractivity contribution is 0.103. The van der Waals surface area contributed by atoms with Crippen LogP contribution < -0.4 is 0 Å². The van der Waals surface area contributed by atoms with Crippen molar-refractivity contribution in [3.63, 3.8) is 0 Å². The maximum atomic E-state index is 9.03. The second kappa shape index (κ2) is 3.54. The first-order valence-electron chi connectivity index (χ1n) is 5.99. The Morgan fingerprint density at radius 1 is 1.47 bits per heavy atom. The quantitative estimate of drug-likeness (QED) is 0.782. The van der Waals surface area contributed by atoms with Gasteiger partial charge in [0, 0.05) is 6.61 Å². The second-order valence-corrected chi connectivity index (χ2v) is 5.40. The highest BCUT2D eigenvalue weighted by atomic mass is 16.5. The third-order valence-corrected chi connectivity index (χ3v) is 3.91. The number of rotatable bonds is 2.